The van der Waals surface area contributed by atoms with Crippen molar-refractivity contribution in [1.82, 2.24) is 5.32 Å². The summed E-state index contributed by atoms with van der Waals surface area (Å²) in [5.74, 6) is 0.940. The fourth-order valence-electron chi connectivity index (χ4n) is 2.84. The van der Waals surface area contributed by atoms with Crippen LogP contribution in [-0.4, -0.2) is 23.9 Å². The van der Waals surface area contributed by atoms with Gasteiger partial charge in [0.2, 0.25) is 0 Å². The van der Waals surface area contributed by atoms with Crippen LogP contribution in [0.25, 0.3) is 0 Å². The number of nitrogens with one attached hydrogen (secondary N) is 1. The molecule has 0 heterocycles. The first kappa shape index (κ1) is 14.4. The summed E-state index contributed by atoms with van der Waals surface area (Å²) in [6.45, 7) is 4.81. The maximum absolute atomic E-state index is 10.0. The van der Waals surface area contributed by atoms with Crippen molar-refractivity contribution in [3.8, 4) is 5.75 Å². The van der Waals surface area contributed by atoms with Gasteiger partial charge >= 0.3 is 0 Å². The second-order valence-electron chi connectivity index (χ2n) is 5.32. The van der Waals surface area contributed by atoms with E-state index in [4.69, 9.17) is 4.74 Å². The maximum atomic E-state index is 10.0. The molecule has 0 amide bonds. The van der Waals surface area contributed by atoms with Crippen LogP contribution in [0, 0.1) is 0 Å². The molecule has 106 valence electrons. The third kappa shape index (κ3) is 3.71. The van der Waals surface area contributed by atoms with E-state index in [1.165, 1.54) is 12.0 Å². The maximum Gasteiger partial charge on any atom is 0.124 e. The first-order valence-corrected chi connectivity index (χ1v) is 7.38. The molecule has 3 atom stereocenters. The molecule has 3 unspecified atom stereocenters. The highest BCUT2D eigenvalue weighted by atomic mass is 16.5. The van der Waals surface area contributed by atoms with Gasteiger partial charge in [-0.3, -0.25) is 0 Å². The van der Waals surface area contributed by atoms with Gasteiger partial charge in [0.15, 0.2) is 0 Å². The molecule has 0 aliphatic heterocycles. The van der Waals surface area contributed by atoms with Gasteiger partial charge in [-0.1, -0.05) is 31.0 Å². The number of para-hydroxylation sites is 1. The van der Waals surface area contributed by atoms with Gasteiger partial charge in [-0.2, -0.15) is 0 Å². The van der Waals surface area contributed by atoms with E-state index in [-0.39, 0.29) is 18.2 Å². The van der Waals surface area contributed by atoms with Crippen LogP contribution in [0.4, 0.5) is 0 Å². The summed E-state index contributed by atoms with van der Waals surface area (Å²) in [6.07, 6.45) is 4.10. The summed E-state index contributed by atoms with van der Waals surface area (Å²) in [6, 6.07) is 8.54. The first-order chi connectivity index (χ1) is 9.22. The van der Waals surface area contributed by atoms with E-state index in [1.807, 2.05) is 25.1 Å². The van der Waals surface area contributed by atoms with E-state index in [9.17, 15) is 5.11 Å². The molecule has 3 heteroatoms. The molecule has 0 spiro atoms. The zero-order valence-electron chi connectivity index (χ0n) is 11.9. The minimum Gasteiger partial charge on any atom is -0.494 e. The van der Waals surface area contributed by atoms with Gasteiger partial charge in [0, 0.05) is 17.6 Å². The van der Waals surface area contributed by atoms with E-state index >= 15 is 0 Å². The molecule has 0 saturated heterocycles. The fourth-order valence-corrected chi connectivity index (χ4v) is 2.84. The summed E-state index contributed by atoms with van der Waals surface area (Å²) < 4.78 is 5.67. The zero-order valence-corrected chi connectivity index (χ0v) is 11.9. The van der Waals surface area contributed by atoms with Crippen molar-refractivity contribution >= 4 is 0 Å². The monoisotopic (exact) mass is 263 g/mol. The average Bonchev–Trinajstić information content (AvgIpc) is 2.42. The molecular weight excluding hydrogens is 238 g/mol. The largest absolute Gasteiger partial charge is 0.494 e. The average molecular weight is 263 g/mol. The normalized spacial score (nSPS) is 25.0. The smallest absolute Gasteiger partial charge is 0.124 e. The SMILES string of the molecule is CCOc1ccccc1C(C)NC1CCCCC1O. The van der Waals surface area contributed by atoms with Crippen molar-refractivity contribution in [3.63, 3.8) is 0 Å². The molecule has 19 heavy (non-hydrogen) atoms. The number of aliphatic hydroxyl groups excluding tert-OH is 1. The number of ether oxygens (including phenoxy) is 1. The lowest BCUT2D eigenvalue weighted by atomic mass is 9.91. The quantitative estimate of drug-likeness (QED) is 0.858. The van der Waals surface area contributed by atoms with Gasteiger partial charge in [0.25, 0.3) is 0 Å². The van der Waals surface area contributed by atoms with Crippen molar-refractivity contribution in [2.24, 2.45) is 0 Å². The molecule has 0 aromatic heterocycles. The van der Waals surface area contributed by atoms with Crippen molar-refractivity contribution < 1.29 is 9.84 Å². The van der Waals surface area contributed by atoms with Gasteiger partial charge < -0.3 is 15.2 Å². The van der Waals surface area contributed by atoms with Gasteiger partial charge in [-0.15, -0.1) is 0 Å². The highest BCUT2D eigenvalue weighted by Crippen LogP contribution is 2.27. The Morgan fingerprint density at radius 3 is 2.79 bits per heavy atom. The predicted octanol–water partition coefficient (Wildman–Crippen LogP) is 3.04. The molecule has 1 aromatic carbocycles. The third-order valence-electron chi connectivity index (χ3n) is 3.88. The molecule has 0 bridgehead atoms. The van der Waals surface area contributed by atoms with Gasteiger partial charge in [0.1, 0.15) is 5.75 Å². The zero-order chi connectivity index (χ0) is 13.7. The van der Waals surface area contributed by atoms with Crippen LogP contribution in [-0.2, 0) is 0 Å². The standard InChI is InChI=1S/C16H25NO2/c1-3-19-16-11-7-4-8-13(16)12(2)17-14-9-5-6-10-15(14)18/h4,7-8,11-12,14-15,17-18H,3,5-6,9-10H2,1-2H3. The first-order valence-electron chi connectivity index (χ1n) is 7.38. The Labute approximate surface area is 116 Å². The Hall–Kier alpha value is -1.06. The second-order valence-corrected chi connectivity index (χ2v) is 5.32. The van der Waals surface area contributed by atoms with E-state index in [1.54, 1.807) is 0 Å². The van der Waals surface area contributed by atoms with Crippen LogP contribution in [0.3, 0.4) is 0 Å². The molecule has 1 aliphatic carbocycles. The lowest BCUT2D eigenvalue weighted by Gasteiger charge is -2.31. The highest BCUT2D eigenvalue weighted by molar-refractivity contribution is 5.35. The Balaban J connectivity index is 2.04. The topological polar surface area (TPSA) is 41.5 Å². The number of hydrogen-bond acceptors (Lipinski definition) is 3. The van der Waals surface area contributed by atoms with Gasteiger partial charge in [-0.05, 0) is 32.8 Å². The predicted molar refractivity (Wildman–Crippen MR) is 77.4 cm³/mol. The minimum atomic E-state index is -0.213. The van der Waals surface area contributed by atoms with Crippen molar-refractivity contribution in [1.29, 1.82) is 0 Å². The van der Waals surface area contributed by atoms with E-state index in [0.29, 0.717) is 6.61 Å². The molecule has 0 radical (unpaired) electrons. The number of hydrogen-bond donors (Lipinski definition) is 2. The number of benzene rings is 1. The van der Waals surface area contributed by atoms with E-state index in [2.05, 4.69) is 18.3 Å². The lowest BCUT2D eigenvalue weighted by molar-refractivity contribution is 0.0857. The van der Waals surface area contributed by atoms with Gasteiger partial charge in [-0.25, -0.2) is 0 Å². The molecule has 1 saturated carbocycles. The molecule has 2 rings (SSSR count). The molecule has 2 N–H and O–H groups in total. The molecule has 1 aliphatic rings. The second kappa shape index (κ2) is 6.92. The van der Waals surface area contributed by atoms with Crippen LogP contribution in [0.1, 0.15) is 51.1 Å². The fraction of sp³-hybridized carbons (Fsp3) is 0.625. The van der Waals surface area contributed by atoms with E-state index in [0.717, 1.165) is 25.0 Å². The Bertz CT molecular complexity index is 394. The van der Waals surface area contributed by atoms with Crippen LogP contribution < -0.4 is 10.1 Å². The van der Waals surface area contributed by atoms with Crippen LogP contribution in [0.15, 0.2) is 24.3 Å². The molecule has 3 nitrogen and oxygen atoms in total. The summed E-state index contributed by atoms with van der Waals surface area (Å²) in [7, 11) is 0. The van der Waals surface area contributed by atoms with Crippen LogP contribution >= 0.6 is 0 Å². The lowest BCUT2D eigenvalue weighted by Crippen LogP contribution is -2.43. The van der Waals surface area contributed by atoms with Crippen molar-refractivity contribution in [3.05, 3.63) is 29.8 Å². The summed E-state index contributed by atoms with van der Waals surface area (Å²) >= 11 is 0. The molecule has 1 fully saturated rings. The minimum absolute atomic E-state index is 0.195. The molecule has 1 aromatic rings. The molecular formula is C16H25NO2. The number of aliphatic hydroxyl groups is 1. The Morgan fingerprint density at radius 2 is 2.05 bits per heavy atom. The summed E-state index contributed by atoms with van der Waals surface area (Å²) in [4.78, 5) is 0. The van der Waals surface area contributed by atoms with Crippen LogP contribution in [0.2, 0.25) is 0 Å². The Morgan fingerprint density at radius 1 is 1.32 bits per heavy atom. The number of rotatable bonds is 5. The summed E-state index contributed by atoms with van der Waals surface area (Å²) in [5, 5.41) is 13.6. The van der Waals surface area contributed by atoms with Crippen molar-refractivity contribution in [2.75, 3.05) is 6.61 Å². The summed E-state index contributed by atoms with van der Waals surface area (Å²) in [5.41, 5.74) is 1.17. The van der Waals surface area contributed by atoms with Gasteiger partial charge in [0.05, 0.1) is 12.7 Å². The third-order valence-corrected chi connectivity index (χ3v) is 3.88. The Kier molecular flexibility index (Phi) is 5.23. The van der Waals surface area contributed by atoms with E-state index < -0.39 is 0 Å². The van der Waals surface area contributed by atoms with Crippen molar-refractivity contribution in [2.45, 2.75) is 57.7 Å². The highest BCUT2D eigenvalue weighted by Gasteiger charge is 2.25. The van der Waals surface area contributed by atoms with Crippen LogP contribution in [0.5, 0.6) is 5.75 Å².